The van der Waals surface area contributed by atoms with Crippen LogP contribution in [-0.2, 0) is 4.79 Å². The summed E-state index contributed by atoms with van der Waals surface area (Å²) in [5, 5.41) is 3.87. The number of nitrogens with zero attached hydrogens (tertiary/aromatic N) is 1. The fraction of sp³-hybridized carbons (Fsp3) is 0.286. The minimum Gasteiger partial charge on any atom is -0.329 e. The summed E-state index contributed by atoms with van der Waals surface area (Å²) in [7, 11) is 0. The number of nitrogens with one attached hydrogen (secondary N) is 1. The first kappa shape index (κ1) is 14.0. The molecule has 0 atom stereocenters. The van der Waals surface area contributed by atoms with Crippen molar-refractivity contribution < 1.29 is 4.79 Å². The van der Waals surface area contributed by atoms with E-state index >= 15 is 0 Å². The molecule has 0 saturated heterocycles. The number of carbonyl (C=O) groups is 1. The summed E-state index contributed by atoms with van der Waals surface area (Å²) in [6.07, 6.45) is 1.71. The van der Waals surface area contributed by atoms with Crippen LogP contribution in [0.3, 0.4) is 0 Å². The van der Waals surface area contributed by atoms with Crippen molar-refractivity contribution in [2.75, 3.05) is 11.9 Å². The average molecular weight is 322 g/mol. The zero-order valence-electron chi connectivity index (χ0n) is 10.9. The van der Waals surface area contributed by atoms with E-state index in [0.717, 1.165) is 15.4 Å². The molecular weight excluding hydrogens is 306 g/mol. The van der Waals surface area contributed by atoms with Crippen molar-refractivity contribution in [2.24, 2.45) is 11.1 Å². The molecule has 0 unspecified atom stereocenters. The fourth-order valence-electron chi connectivity index (χ4n) is 1.62. The van der Waals surface area contributed by atoms with Crippen molar-refractivity contribution in [1.29, 1.82) is 0 Å². The number of aromatic nitrogens is 1. The topological polar surface area (TPSA) is 68.0 Å². The molecule has 1 aromatic carbocycles. The van der Waals surface area contributed by atoms with Gasteiger partial charge in [-0.05, 0) is 41.9 Å². The predicted octanol–water partition coefficient (Wildman–Crippen LogP) is 2.92. The third kappa shape index (κ3) is 2.93. The molecule has 100 valence electrons. The Balaban J connectivity index is 2.39. The van der Waals surface area contributed by atoms with Gasteiger partial charge >= 0.3 is 0 Å². The number of anilines is 1. The number of amides is 1. The molecule has 0 aliphatic heterocycles. The molecule has 0 spiro atoms. The number of rotatable bonds is 3. The van der Waals surface area contributed by atoms with Crippen molar-refractivity contribution in [1.82, 2.24) is 4.98 Å². The lowest BCUT2D eigenvalue weighted by Gasteiger charge is -2.21. The highest BCUT2D eigenvalue weighted by Crippen LogP contribution is 2.25. The number of carbonyl (C=O) groups excluding carboxylic acids is 1. The molecule has 0 aliphatic rings. The van der Waals surface area contributed by atoms with Crippen LogP contribution in [0.2, 0.25) is 0 Å². The Labute approximate surface area is 120 Å². The van der Waals surface area contributed by atoms with E-state index in [0.29, 0.717) is 12.2 Å². The molecule has 0 saturated carbocycles. The number of pyridine rings is 1. The predicted molar refractivity (Wildman–Crippen MR) is 80.9 cm³/mol. The van der Waals surface area contributed by atoms with Crippen LogP contribution in [0.5, 0.6) is 0 Å². The molecule has 0 aliphatic carbocycles. The highest BCUT2D eigenvalue weighted by atomic mass is 79.9. The van der Waals surface area contributed by atoms with Crippen LogP contribution in [0.1, 0.15) is 13.8 Å². The first-order chi connectivity index (χ1) is 8.94. The summed E-state index contributed by atoms with van der Waals surface area (Å²) < 4.78 is 0.908. The highest BCUT2D eigenvalue weighted by molar-refractivity contribution is 9.10. The van der Waals surface area contributed by atoms with Gasteiger partial charge < -0.3 is 11.1 Å². The second-order valence-corrected chi connectivity index (χ2v) is 5.99. The van der Waals surface area contributed by atoms with E-state index in [2.05, 4.69) is 26.2 Å². The summed E-state index contributed by atoms with van der Waals surface area (Å²) in [5.74, 6) is -0.104. The fourth-order valence-corrected chi connectivity index (χ4v) is 1.97. The Hall–Kier alpha value is -1.46. The normalized spacial score (nSPS) is 11.6. The molecule has 19 heavy (non-hydrogen) atoms. The van der Waals surface area contributed by atoms with Crippen molar-refractivity contribution in [2.45, 2.75) is 13.8 Å². The lowest BCUT2D eigenvalue weighted by Crippen LogP contribution is -2.37. The van der Waals surface area contributed by atoms with E-state index in [9.17, 15) is 4.79 Å². The van der Waals surface area contributed by atoms with Crippen LogP contribution in [-0.4, -0.2) is 17.4 Å². The third-order valence-corrected chi connectivity index (χ3v) is 3.48. The smallest absolute Gasteiger partial charge is 0.231 e. The molecule has 0 bridgehead atoms. The number of fused-ring (bicyclic) bond motifs is 1. The van der Waals surface area contributed by atoms with Gasteiger partial charge in [0.1, 0.15) is 0 Å². The van der Waals surface area contributed by atoms with Gasteiger partial charge in [-0.25, -0.2) is 0 Å². The summed E-state index contributed by atoms with van der Waals surface area (Å²) in [4.78, 5) is 16.5. The number of hydrogen-bond acceptors (Lipinski definition) is 3. The van der Waals surface area contributed by atoms with Gasteiger partial charge in [0.05, 0.1) is 16.6 Å². The van der Waals surface area contributed by atoms with Gasteiger partial charge in [0.2, 0.25) is 5.91 Å². The molecule has 1 amide bonds. The molecule has 3 N–H and O–H groups in total. The van der Waals surface area contributed by atoms with Crippen LogP contribution in [0.25, 0.3) is 10.9 Å². The van der Waals surface area contributed by atoms with E-state index < -0.39 is 5.41 Å². The molecular formula is C14H16BrN3O. The maximum atomic E-state index is 12.1. The Morgan fingerprint density at radius 1 is 1.47 bits per heavy atom. The average Bonchev–Trinajstić information content (AvgIpc) is 2.38. The maximum Gasteiger partial charge on any atom is 0.231 e. The summed E-state index contributed by atoms with van der Waals surface area (Å²) in [5.41, 5.74) is 6.49. The van der Waals surface area contributed by atoms with Crippen molar-refractivity contribution in [3.63, 3.8) is 0 Å². The van der Waals surface area contributed by atoms with Crippen molar-refractivity contribution in [3.05, 3.63) is 34.9 Å². The number of benzene rings is 1. The summed E-state index contributed by atoms with van der Waals surface area (Å²) in [6, 6.07) is 7.65. The van der Waals surface area contributed by atoms with Gasteiger partial charge in [-0.1, -0.05) is 12.1 Å². The molecule has 2 aromatic rings. The lowest BCUT2D eigenvalue weighted by molar-refractivity contribution is -0.123. The Morgan fingerprint density at radius 3 is 2.89 bits per heavy atom. The van der Waals surface area contributed by atoms with Gasteiger partial charge in [0.25, 0.3) is 0 Å². The molecule has 1 heterocycles. The van der Waals surface area contributed by atoms with Crippen LogP contribution in [0, 0.1) is 5.41 Å². The Kier molecular flexibility index (Phi) is 3.87. The summed E-state index contributed by atoms with van der Waals surface area (Å²) >= 11 is 3.38. The molecule has 0 fully saturated rings. The van der Waals surface area contributed by atoms with E-state index in [-0.39, 0.29) is 5.91 Å². The lowest BCUT2D eigenvalue weighted by atomic mass is 9.92. The van der Waals surface area contributed by atoms with Crippen LogP contribution < -0.4 is 11.1 Å². The van der Waals surface area contributed by atoms with Gasteiger partial charge in [-0.3, -0.25) is 9.78 Å². The first-order valence-electron chi connectivity index (χ1n) is 6.00. The zero-order chi connectivity index (χ0) is 14.0. The van der Waals surface area contributed by atoms with Crippen molar-refractivity contribution in [3.8, 4) is 0 Å². The molecule has 2 rings (SSSR count). The SMILES string of the molecule is CC(C)(CN)C(=O)Nc1cccc2cc(Br)cnc12. The standard InChI is InChI=1S/C14H16BrN3O/c1-14(2,8-16)13(19)18-11-5-3-4-9-6-10(15)7-17-12(9)11/h3-7H,8,16H2,1-2H3,(H,18,19). The minimum absolute atomic E-state index is 0.104. The number of hydrogen-bond donors (Lipinski definition) is 2. The summed E-state index contributed by atoms with van der Waals surface area (Å²) in [6.45, 7) is 3.93. The molecule has 5 heteroatoms. The van der Waals surface area contributed by atoms with Gasteiger partial charge in [-0.15, -0.1) is 0 Å². The minimum atomic E-state index is -0.600. The van der Waals surface area contributed by atoms with E-state index in [4.69, 9.17) is 5.73 Å². The van der Waals surface area contributed by atoms with Gasteiger partial charge in [0, 0.05) is 22.6 Å². The molecule has 1 aromatic heterocycles. The molecule has 4 nitrogen and oxygen atoms in total. The number of nitrogens with two attached hydrogens (primary N) is 1. The van der Waals surface area contributed by atoms with Gasteiger partial charge in [0.15, 0.2) is 0 Å². The number of para-hydroxylation sites is 1. The van der Waals surface area contributed by atoms with E-state index in [1.165, 1.54) is 0 Å². The Bertz CT molecular complexity index is 625. The number of halogens is 1. The van der Waals surface area contributed by atoms with Crippen LogP contribution in [0.4, 0.5) is 5.69 Å². The third-order valence-electron chi connectivity index (χ3n) is 3.05. The second-order valence-electron chi connectivity index (χ2n) is 5.07. The largest absolute Gasteiger partial charge is 0.329 e. The highest BCUT2D eigenvalue weighted by Gasteiger charge is 2.26. The van der Waals surface area contributed by atoms with Crippen LogP contribution >= 0.6 is 15.9 Å². The van der Waals surface area contributed by atoms with E-state index in [1.54, 1.807) is 6.20 Å². The first-order valence-corrected chi connectivity index (χ1v) is 6.79. The Morgan fingerprint density at radius 2 is 2.21 bits per heavy atom. The quantitative estimate of drug-likeness (QED) is 0.913. The molecule has 0 radical (unpaired) electrons. The van der Waals surface area contributed by atoms with E-state index in [1.807, 2.05) is 38.1 Å². The maximum absolute atomic E-state index is 12.1. The second kappa shape index (κ2) is 5.27. The van der Waals surface area contributed by atoms with Gasteiger partial charge in [-0.2, -0.15) is 0 Å². The van der Waals surface area contributed by atoms with Crippen molar-refractivity contribution >= 4 is 38.4 Å². The monoisotopic (exact) mass is 321 g/mol. The van der Waals surface area contributed by atoms with Crippen LogP contribution in [0.15, 0.2) is 34.9 Å². The zero-order valence-corrected chi connectivity index (χ0v) is 12.5.